The predicted octanol–water partition coefficient (Wildman–Crippen LogP) is 4.59. The molecule has 134 valence electrons. The zero-order valence-electron chi connectivity index (χ0n) is 13.7. The maximum absolute atomic E-state index is 11.7. The fraction of sp³-hybridized carbons (Fsp3) is 0.235. The van der Waals surface area contributed by atoms with Crippen LogP contribution in [0.1, 0.15) is 30.1 Å². The largest absolute Gasteiger partial charge is 0.454 e. The van der Waals surface area contributed by atoms with E-state index >= 15 is 0 Å². The second kappa shape index (κ2) is 10.3. The maximum Gasteiger partial charge on any atom is 0.216 e. The standard InChI is InChI=1S/C17H20N2O4S2/c1-2-3-9-19-14-10-12(17(20)24)11-15(25-23-22-18)16(14)21-13-7-5-4-6-8-13/h4-8,10-11,19H,2-3,9,18H2,1H3,(H,20,24). The van der Waals surface area contributed by atoms with Gasteiger partial charge in [0, 0.05) is 12.1 Å². The number of hydrogen-bond donors (Lipinski definition) is 3. The van der Waals surface area contributed by atoms with Crippen LogP contribution in [0.15, 0.2) is 47.4 Å². The number of carbonyl (C=O) groups is 1. The molecule has 0 bridgehead atoms. The lowest BCUT2D eigenvalue weighted by atomic mass is 10.2. The van der Waals surface area contributed by atoms with E-state index in [1.54, 1.807) is 12.1 Å². The first-order chi connectivity index (χ1) is 12.2. The van der Waals surface area contributed by atoms with E-state index in [4.69, 9.17) is 15.0 Å². The fourth-order valence-corrected chi connectivity index (χ4v) is 2.73. The van der Waals surface area contributed by atoms with Crippen LogP contribution in [0.2, 0.25) is 0 Å². The lowest BCUT2D eigenvalue weighted by Crippen LogP contribution is -2.05. The minimum absolute atomic E-state index is 0.361. The van der Waals surface area contributed by atoms with Crippen molar-refractivity contribution in [3.63, 3.8) is 0 Å². The highest BCUT2D eigenvalue weighted by Crippen LogP contribution is 2.41. The van der Waals surface area contributed by atoms with E-state index < -0.39 is 0 Å². The SMILES string of the molecule is CCCCNc1cc(C(=O)S)cc(SOON)c1Oc1ccccc1. The third kappa shape index (κ3) is 5.94. The van der Waals surface area contributed by atoms with Crippen LogP contribution >= 0.6 is 24.7 Å². The van der Waals surface area contributed by atoms with Crippen molar-refractivity contribution >= 4 is 35.5 Å². The molecule has 8 heteroatoms. The Morgan fingerprint density at radius 2 is 2.04 bits per heavy atom. The highest BCUT2D eigenvalue weighted by atomic mass is 32.2. The molecular formula is C17H20N2O4S2. The van der Waals surface area contributed by atoms with Crippen molar-refractivity contribution in [2.75, 3.05) is 11.9 Å². The first-order valence-corrected chi connectivity index (χ1v) is 8.92. The summed E-state index contributed by atoms with van der Waals surface area (Å²) < 4.78 is 10.8. The number of ether oxygens (including phenoxy) is 1. The van der Waals surface area contributed by atoms with Gasteiger partial charge in [0.15, 0.2) is 5.75 Å². The number of nitrogens with one attached hydrogen (secondary N) is 1. The Bertz CT molecular complexity index is 699. The summed E-state index contributed by atoms with van der Waals surface area (Å²) in [6, 6.07) is 12.6. The summed E-state index contributed by atoms with van der Waals surface area (Å²) in [5.74, 6) is 6.10. The molecule has 2 aromatic rings. The Morgan fingerprint density at radius 1 is 1.28 bits per heavy atom. The molecule has 0 spiro atoms. The molecule has 0 aliphatic carbocycles. The van der Waals surface area contributed by atoms with Gasteiger partial charge in [-0.05, 0) is 30.7 Å². The summed E-state index contributed by atoms with van der Waals surface area (Å²) in [6.07, 6.45) is 2.02. The number of para-hydroxylation sites is 1. The van der Waals surface area contributed by atoms with E-state index in [9.17, 15) is 4.79 Å². The van der Waals surface area contributed by atoms with Gasteiger partial charge in [0.25, 0.3) is 0 Å². The minimum atomic E-state index is -0.361. The van der Waals surface area contributed by atoms with Crippen molar-refractivity contribution in [1.29, 1.82) is 0 Å². The van der Waals surface area contributed by atoms with Crippen molar-refractivity contribution in [2.24, 2.45) is 5.90 Å². The van der Waals surface area contributed by atoms with E-state index in [1.807, 2.05) is 30.3 Å². The van der Waals surface area contributed by atoms with Gasteiger partial charge in [-0.1, -0.05) is 31.5 Å². The molecule has 0 heterocycles. The summed E-state index contributed by atoms with van der Waals surface area (Å²) in [5.41, 5.74) is 1.08. The van der Waals surface area contributed by atoms with E-state index in [0.29, 0.717) is 27.6 Å². The number of nitrogens with two attached hydrogens (primary N) is 1. The molecule has 0 saturated heterocycles. The molecule has 0 aromatic heterocycles. The average Bonchev–Trinajstić information content (AvgIpc) is 2.62. The molecule has 6 nitrogen and oxygen atoms in total. The molecule has 0 atom stereocenters. The number of unbranched alkanes of at least 4 members (excludes halogenated alkanes) is 1. The molecular weight excluding hydrogens is 360 g/mol. The number of benzene rings is 2. The topological polar surface area (TPSA) is 82.8 Å². The lowest BCUT2D eigenvalue weighted by molar-refractivity contribution is -0.195. The molecule has 3 N–H and O–H groups in total. The van der Waals surface area contributed by atoms with Crippen LogP contribution in [0.5, 0.6) is 11.5 Å². The minimum Gasteiger partial charge on any atom is -0.454 e. The van der Waals surface area contributed by atoms with Crippen LogP contribution in [-0.2, 0) is 9.32 Å². The van der Waals surface area contributed by atoms with E-state index in [0.717, 1.165) is 31.4 Å². The van der Waals surface area contributed by atoms with Gasteiger partial charge in [-0.25, -0.2) is 0 Å². The Hall–Kier alpha value is -1.71. The predicted molar refractivity (Wildman–Crippen MR) is 102 cm³/mol. The molecule has 0 aliphatic rings. The Morgan fingerprint density at radius 3 is 2.68 bits per heavy atom. The second-order valence-corrected chi connectivity index (χ2v) is 6.25. The van der Waals surface area contributed by atoms with Gasteiger partial charge >= 0.3 is 0 Å². The van der Waals surface area contributed by atoms with Crippen LogP contribution in [0.4, 0.5) is 5.69 Å². The molecule has 0 unspecified atom stereocenters. The van der Waals surface area contributed by atoms with Crippen LogP contribution < -0.4 is 16.0 Å². The Kier molecular flexibility index (Phi) is 8.10. The highest BCUT2D eigenvalue weighted by Gasteiger charge is 2.17. The van der Waals surface area contributed by atoms with Crippen LogP contribution in [0, 0.1) is 0 Å². The summed E-state index contributed by atoms with van der Waals surface area (Å²) >= 11 is 4.76. The van der Waals surface area contributed by atoms with Gasteiger partial charge in [0.05, 0.1) is 22.6 Å². The van der Waals surface area contributed by atoms with Crippen molar-refractivity contribution < 1.29 is 18.9 Å². The van der Waals surface area contributed by atoms with Crippen LogP contribution in [-0.4, -0.2) is 11.7 Å². The smallest absolute Gasteiger partial charge is 0.216 e. The van der Waals surface area contributed by atoms with Gasteiger partial charge in [0.1, 0.15) is 5.75 Å². The maximum atomic E-state index is 11.7. The van der Waals surface area contributed by atoms with Crippen molar-refractivity contribution in [3.8, 4) is 11.5 Å². The quantitative estimate of drug-likeness (QED) is 0.183. The second-order valence-electron chi connectivity index (χ2n) is 5.10. The zero-order chi connectivity index (χ0) is 18.1. The first kappa shape index (κ1) is 19.6. The molecule has 2 aromatic carbocycles. The van der Waals surface area contributed by atoms with Gasteiger partial charge in [-0.3, -0.25) is 4.79 Å². The monoisotopic (exact) mass is 380 g/mol. The van der Waals surface area contributed by atoms with Crippen LogP contribution in [0.3, 0.4) is 0 Å². The summed E-state index contributed by atoms with van der Waals surface area (Å²) in [6.45, 7) is 2.84. The number of carbonyl (C=O) groups excluding carboxylic acids is 1. The fourth-order valence-electron chi connectivity index (χ4n) is 2.09. The highest BCUT2D eigenvalue weighted by molar-refractivity contribution is 7.97. The average molecular weight is 380 g/mol. The third-order valence-electron chi connectivity index (χ3n) is 3.27. The molecule has 0 amide bonds. The van der Waals surface area contributed by atoms with E-state index in [2.05, 4.69) is 29.9 Å². The normalized spacial score (nSPS) is 10.5. The molecule has 0 saturated carbocycles. The lowest BCUT2D eigenvalue weighted by Gasteiger charge is -2.17. The summed E-state index contributed by atoms with van der Waals surface area (Å²) in [7, 11) is 0. The Labute approximate surface area is 156 Å². The number of rotatable bonds is 10. The molecule has 0 fully saturated rings. The molecule has 0 aliphatic heterocycles. The number of hydrogen-bond acceptors (Lipinski definition) is 7. The third-order valence-corrected chi connectivity index (χ3v) is 4.16. The first-order valence-electron chi connectivity index (χ1n) is 7.74. The van der Waals surface area contributed by atoms with Crippen molar-refractivity contribution in [3.05, 3.63) is 48.0 Å². The van der Waals surface area contributed by atoms with Gasteiger partial charge in [0.2, 0.25) is 5.12 Å². The Balaban J connectivity index is 2.42. The number of anilines is 1. The van der Waals surface area contributed by atoms with Crippen LogP contribution in [0.25, 0.3) is 0 Å². The zero-order valence-corrected chi connectivity index (χ0v) is 15.4. The molecule has 25 heavy (non-hydrogen) atoms. The van der Waals surface area contributed by atoms with E-state index in [-0.39, 0.29) is 5.12 Å². The number of thiol groups is 1. The van der Waals surface area contributed by atoms with Gasteiger partial charge < -0.3 is 10.1 Å². The molecule has 2 rings (SSSR count). The van der Waals surface area contributed by atoms with Gasteiger partial charge in [-0.15, -0.1) is 22.0 Å². The summed E-state index contributed by atoms with van der Waals surface area (Å²) in [5, 5.41) is 2.93. The van der Waals surface area contributed by atoms with Crippen molar-refractivity contribution in [2.45, 2.75) is 24.7 Å². The van der Waals surface area contributed by atoms with Crippen molar-refractivity contribution in [1.82, 2.24) is 0 Å². The molecule has 0 radical (unpaired) electrons. The van der Waals surface area contributed by atoms with E-state index in [1.165, 1.54) is 0 Å². The van der Waals surface area contributed by atoms with Gasteiger partial charge in [-0.2, -0.15) is 5.90 Å². The summed E-state index contributed by atoms with van der Waals surface area (Å²) in [4.78, 5) is 16.4.